The number of amides is 1. The second kappa shape index (κ2) is 8.86. The Morgan fingerprint density at radius 1 is 1.16 bits per heavy atom. The lowest BCUT2D eigenvalue weighted by Crippen LogP contribution is -2.15. The fraction of sp³-hybridized carbons (Fsp3) is 0.190. The third-order valence-electron chi connectivity index (χ3n) is 4.59. The van der Waals surface area contributed by atoms with Gasteiger partial charge in [-0.3, -0.25) is 9.36 Å². The van der Waals surface area contributed by atoms with Crippen molar-refractivity contribution in [1.29, 1.82) is 0 Å². The first-order valence-corrected chi connectivity index (χ1v) is 11.4. The summed E-state index contributed by atoms with van der Waals surface area (Å²) >= 11 is 3.02. The molecule has 0 bridgehead atoms. The summed E-state index contributed by atoms with van der Waals surface area (Å²) < 4.78 is 18.2. The summed E-state index contributed by atoms with van der Waals surface area (Å²) in [6.45, 7) is 0.703. The van der Waals surface area contributed by atoms with Gasteiger partial charge in [-0.15, -0.1) is 21.5 Å². The van der Waals surface area contributed by atoms with Gasteiger partial charge in [-0.05, 0) is 35.7 Å². The quantitative estimate of drug-likeness (QED) is 0.402. The predicted molar refractivity (Wildman–Crippen MR) is 117 cm³/mol. The maximum absolute atomic E-state index is 12.5. The van der Waals surface area contributed by atoms with E-state index >= 15 is 0 Å². The van der Waals surface area contributed by atoms with Crippen LogP contribution in [0.2, 0.25) is 0 Å². The van der Waals surface area contributed by atoms with E-state index < -0.39 is 0 Å². The Bertz CT molecular complexity index is 1170. The van der Waals surface area contributed by atoms with Gasteiger partial charge in [0, 0.05) is 23.1 Å². The Balaban J connectivity index is 1.27. The van der Waals surface area contributed by atoms with Crippen molar-refractivity contribution in [1.82, 2.24) is 14.8 Å². The average molecular weight is 455 g/mol. The number of thioether (sulfide) groups is 1. The molecule has 8 nitrogen and oxygen atoms in total. The molecule has 1 aliphatic rings. The predicted octanol–water partition coefficient (Wildman–Crippen LogP) is 4.03. The number of ether oxygens (including phenoxy) is 2. The largest absolute Gasteiger partial charge is 0.467 e. The molecule has 0 fully saturated rings. The SMILES string of the molecule is O=C(CSc1nnc(Cc2cccs2)n1Cc1ccco1)Nc1ccc2c(c1)OCO2. The van der Waals surface area contributed by atoms with Gasteiger partial charge in [-0.1, -0.05) is 17.8 Å². The van der Waals surface area contributed by atoms with Crippen LogP contribution in [0.3, 0.4) is 0 Å². The van der Waals surface area contributed by atoms with Gasteiger partial charge in [0.1, 0.15) is 11.6 Å². The van der Waals surface area contributed by atoms with Crippen LogP contribution in [0.4, 0.5) is 5.69 Å². The zero-order valence-corrected chi connectivity index (χ0v) is 17.9. The molecule has 31 heavy (non-hydrogen) atoms. The highest BCUT2D eigenvalue weighted by Crippen LogP contribution is 2.34. The molecule has 5 rings (SSSR count). The number of benzene rings is 1. The standard InChI is InChI=1S/C21H18N4O4S2/c26-20(22-14-5-6-17-18(9-14)29-13-28-17)12-31-21-24-23-19(10-16-4-2-8-30-16)25(21)11-15-3-1-7-27-15/h1-9H,10-13H2,(H,22,26). The van der Waals surface area contributed by atoms with Crippen molar-refractivity contribution in [2.24, 2.45) is 0 Å². The van der Waals surface area contributed by atoms with Crippen LogP contribution in [0, 0.1) is 0 Å². The van der Waals surface area contributed by atoms with E-state index in [1.807, 2.05) is 28.1 Å². The van der Waals surface area contributed by atoms with Crippen molar-refractivity contribution in [2.45, 2.75) is 18.1 Å². The van der Waals surface area contributed by atoms with Crippen molar-refractivity contribution >= 4 is 34.7 Å². The van der Waals surface area contributed by atoms with E-state index in [1.165, 1.54) is 16.6 Å². The zero-order valence-electron chi connectivity index (χ0n) is 16.3. The van der Waals surface area contributed by atoms with E-state index in [-0.39, 0.29) is 18.5 Å². The minimum absolute atomic E-state index is 0.142. The third kappa shape index (κ3) is 4.59. The van der Waals surface area contributed by atoms with Gasteiger partial charge in [0.05, 0.1) is 18.6 Å². The summed E-state index contributed by atoms with van der Waals surface area (Å²) in [7, 11) is 0. The molecule has 0 saturated carbocycles. The molecular formula is C21H18N4O4S2. The minimum Gasteiger partial charge on any atom is -0.467 e. The number of furan rings is 1. The van der Waals surface area contributed by atoms with Gasteiger partial charge < -0.3 is 19.2 Å². The van der Waals surface area contributed by atoms with Crippen LogP contribution in [0.1, 0.15) is 16.5 Å². The summed E-state index contributed by atoms with van der Waals surface area (Å²) in [4.78, 5) is 13.7. The molecule has 10 heteroatoms. The molecule has 3 aromatic heterocycles. The van der Waals surface area contributed by atoms with E-state index in [4.69, 9.17) is 13.9 Å². The Morgan fingerprint density at radius 3 is 2.94 bits per heavy atom. The molecule has 0 atom stereocenters. The Morgan fingerprint density at radius 2 is 2.10 bits per heavy atom. The maximum atomic E-state index is 12.5. The number of carbonyl (C=O) groups excluding carboxylic acids is 1. The van der Waals surface area contributed by atoms with Crippen LogP contribution in [0.25, 0.3) is 0 Å². The Labute approximate surface area is 186 Å². The van der Waals surface area contributed by atoms with Crippen LogP contribution in [0.5, 0.6) is 11.5 Å². The molecule has 1 aliphatic heterocycles. The summed E-state index contributed by atoms with van der Waals surface area (Å²) in [6, 6.07) is 13.2. The second-order valence-electron chi connectivity index (χ2n) is 6.73. The van der Waals surface area contributed by atoms with Crippen molar-refractivity contribution in [3.8, 4) is 11.5 Å². The molecule has 158 valence electrons. The van der Waals surface area contributed by atoms with Gasteiger partial charge in [-0.2, -0.15) is 0 Å². The molecular weight excluding hydrogens is 436 g/mol. The van der Waals surface area contributed by atoms with Gasteiger partial charge >= 0.3 is 0 Å². The normalized spacial score (nSPS) is 12.3. The van der Waals surface area contributed by atoms with Crippen LogP contribution in [0.15, 0.2) is 63.7 Å². The average Bonchev–Trinajstić information content (AvgIpc) is 3.57. The molecule has 1 aromatic carbocycles. The number of hydrogen-bond acceptors (Lipinski definition) is 8. The van der Waals surface area contributed by atoms with Crippen molar-refractivity contribution in [3.63, 3.8) is 0 Å². The van der Waals surface area contributed by atoms with Gasteiger partial charge in [0.25, 0.3) is 0 Å². The lowest BCUT2D eigenvalue weighted by molar-refractivity contribution is -0.113. The minimum atomic E-state index is -0.142. The molecule has 4 heterocycles. The van der Waals surface area contributed by atoms with E-state index in [0.29, 0.717) is 35.3 Å². The summed E-state index contributed by atoms with van der Waals surface area (Å²) in [5.74, 6) is 3.00. The molecule has 1 amide bonds. The summed E-state index contributed by atoms with van der Waals surface area (Å²) in [5, 5.41) is 14.3. The van der Waals surface area contributed by atoms with E-state index in [1.54, 1.807) is 35.8 Å². The number of aromatic nitrogens is 3. The highest BCUT2D eigenvalue weighted by atomic mass is 32.2. The maximum Gasteiger partial charge on any atom is 0.234 e. The van der Waals surface area contributed by atoms with E-state index in [0.717, 1.165) is 11.6 Å². The first-order valence-electron chi connectivity index (χ1n) is 9.54. The molecule has 0 aliphatic carbocycles. The van der Waals surface area contributed by atoms with Crippen LogP contribution in [-0.4, -0.2) is 33.2 Å². The molecule has 4 aromatic rings. The highest BCUT2D eigenvalue weighted by molar-refractivity contribution is 7.99. The second-order valence-corrected chi connectivity index (χ2v) is 8.70. The molecule has 0 unspecified atom stereocenters. The highest BCUT2D eigenvalue weighted by Gasteiger charge is 2.18. The monoisotopic (exact) mass is 454 g/mol. The van der Waals surface area contributed by atoms with Crippen LogP contribution in [-0.2, 0) is 17.8 Å². The van der Waals surface area contributed by atoms with Crippen molar-refractivity contribution < 1.29 is 18.7 Å². The van der Waals surface area contributed by atoms with Crippen LogP contribution < -0.4 is 14.8 Å². The summed E-state index contributed by atoms with van der Waals surface area (Å²) in [5.41, 5.74) is 0.658. The number of nitrogens with zero attached hydrogens (tertiary/aromatic N) is 3. The molecule has 1 N–H and O–H groups in total. The number of carbonyl (C=O) groups is 1. The van der Waals surface area contributed by atoms with Gasteiger partial charge in [0.15, 0.2) is 16.7 Å². The third-order valence-corrected chi connectivity index (χ3v) is 6.43. The first-order chi connectivity index (χ1) is 15.2. The number of rotatable bonds is 8. The number of hydrogen-bond donors (Lipinski definition) is 1. The lowest BCUT2D eigenvalue weighted by Gasteiger charge is -2.09. The number of nitrogens with one attached hydrogen (secondary N) is 1. The molecule has 0 spiro atoms. The number of anilines is 1. The fourth-order valence-corrected chi connectivity index (χ4v) is 4.60. The number of thiophene rings is 1. The van der Waals surface area contributed by atoms with Crippen LogP contribution >= 0.6 is 23.1 Å². The molecule has 0 saturated heterocycles. The Kier molecular flexibility index (Phi) is 5.63. The van der Waals surface area contributed by atoms with Gasteiger partial charge in [0.2, 0.25) is 12.7 Å². The number of fused-ring (bicyclic) bond motifs is 1. The zero-order chi connectivity index (χ0) is 21.0. The van der Waals surface area contributed by atoms with Gasteiger partial charge in [-0.25, -0.2) is 0 Å². The summed E-state index contributed by atoms with van der Waals surface area (Å²) in [6.07, 6.45) is 2.32. The fourth-order valence-electron chi connectivity index (χ4n) is 3.14. The van der Waals surface area contributed by atoms with E-state index in [2.05, 4.69) is 21.6 Å². The smallest absolute Gasteiger partial charge is 0.234 e. The Hall–Kier alpha value is -3.24. The van der Waals surface area contributed by atoms with Crippen molar-refractivity contribution in [3.05, 3.63) is 70.6 Å². The topological polar surface area (TPSA) is 91.4 Å². The lowest BCUT2D eigenvalue weighted by atomic mass is 10.3. The molecule has 0 radical (unpaired) electrons. The van der Waals surface area contributed by atoms with Crippen molar-refractivity contribution in [2.75, 3.05) is 17.9 Å². The first kappa shape index (κ1) is 19.7. The van der Waals surface area contributed by atoms with E-state index in [9.17, 15) is 4.79 Å².